The van der Waals surface area contributed by atoms with Gasteiger partial charge in [-0.1, -0.05) is 12.1 Å². The number of nitrogens with zero attached hydrogens (tertiary/aromatic N) is 4. The number of hydrogen-bond acceptors (Lipinski definition) is 8. The van der Waals surface area contributed by atoms with Crippen molar-refractivity contribution in [3.05, 3.63) is 52.9 Å². The van der Waals surface area contributed by atoms with E-state index in [1.54, 1.807) is 0 Å². The van der Waals surface area contributed by atoms with Crippen LogP contribution in [-0.4, -0.2) is 54.5 Å². The summed E-state index contributed by atoms with van der Waals surface area (Å²) in [4.78, 5) is 12.9. The summed E-state index contributed by atoms with van der Waals surface area (Å²) in [5.41, 5.74) is 14.2. The number of nitrogens with two attached hydrogens (primary N) is 2. The number of aliphatic hydroxyl groups excluding tert-OH is 2. The molecule has 0 bridgehead atoms. The molecular formula is C24H26BrN7O2. The van der Waals surface area contributed by atoms with Gasteiger partial charge in [0, 0.05) is 29.6 Å². The van der Waals surface area contributed by atoms with Crippen molar-refractivity contribution in [2.75, 3.05) is 18.0 Å². The monoisotopic (exact) mass is 523 g/mol. The molecule has 1 aliphatic carbocycles. The van der Waals surface area contributed by atoms with Crippen LogP contribution in [0.25, 0.3) is 21.9 Å². The second kappa shape index (κ2) is 7.88. The Morgan fingerprint density at radius 2 is 1.97 bits per heavy atom. The fraction of sp³-hybridized carbons (Fsp3) is 0.375. The molecule has 34 heavy (non-hydrogen) atoms. The summed E-state index contributed by atoms with van der Waals surface area (Å²) in [6.45, 7) is 0.647. The van der Waals surface area contributed by atoms with Crippen LogP contribution in [0, 0.1) is 5.41 Å². The first-order valence-electron chi connectivity index (χ1n) is 11.4. The molecule has 2 aliphatic rings. The first kappa shape index (κ1) is 21.7. The largest absolute Gasteiger partial charge is 0.390 e. The van der Waals surface area contributed by atoms with Crippen molar-refractivity contribution in [1.82, 2.24) is 24.8 Å². The Bertz CT molecular complexity index is 1410. The molecule has 1 saturated heterocycles. The second-order valence-electron chi connectivity index (χ2n) is 9.66. The van der Waals surface area contributed by atoms with Crippen molar-refractivity contribution in [2.24, 2.45) is 5.41 Å². The van der Waals surface area contributed by atoms with Crippen LogP contribution in [0.1, 0.15) is 24.4 Å². The molecule has 0 unspecified atom stereocenters. The molecule has 0 amide bonds. The molecule has 2 fully saturated rings. The normalized spacial score (nSPS) is 29.0. The van der Waals surface area contributed by atoms with Crippen LogP contribution in [0.5, 0.6) is 0 Å². The average molecular weight is 524 g/mol. The first-order chi connectivity index (χ1) is 16.3. The van der Waals surface area contributed by atoms with Gasteiger partial charge in [-0.15, -0.1) is 0 Å². The molecule has 4 heterocycles. The molecule has 5 atom stereocenters. The van der Waals surface area contributed by atoms with Crippen molar-refractivity contribution < 1.29 is 10.2 Å². The van der Waals surface area contributed by atoms with E-state index in [2.05, 4.69) is 54.4 Å². The molecule has 1 aromatic carbocycles. The molecule has 4 aromatic rings. The van der Waals surface area contributed by atoms with Crippen molar-refractivity contribution in [1.29, 1.82) is 0 Å². The standard InChI is InChI=1S/C24H26BrN7O2/c25-16-7-13-2-1-12(6-17(13)31-22(16)27)5-14-8-24(10-28-14)9-18(19(33)20(24)34)32-4-3-15-21(26)29-11-30-23(15)32/h1-4,6-7,11,14,18-20,28,33-34H,5,8-10H2,(H2,27,31)(H2,26,29,30)/t14-,18-,19+,20+,24+/m1/s1. The van der Waals surface area contributed by atoms with E-state index < -0.39 is 17.6 Å². The summed E-state index contributed by atoms with van der Waals surface area (Å²) < 4.78 is 2.72. The van der Waals surface area contributed by atoms with Gasteiger partial charge in [-0.3, -0.25) is 0 Å². The number of aromatic nitrogens is 4. The Balaban J connectivity index is 1.23. The average Bonchev–Trinajstić information content (AvgIpc) is 3.49. The highest BCUT2D eigenvalue weighted by Gasteiger charge is 2.56. The van der Waals surface area contributed by atoms with Crippen molar-refractivity contribution >= 4 is 49.5 Å². The van der Waals surface area contributed by atoms with E-state index in [0.717, 1.165) is 39.2 Å². The minimum absolute atomic E-state index is 0.185. The second-order valence-corrected chi connectivity index (χ2v) is 10.5. The summed E-state index contributed by atoms with van der Waals surface area (Å²) in [7, 11) is 0. The van der Waals surface area contributed by atoms with Gasteiger partial charge in [0.1, 0.15) is 29.7 Å². The van der Waals surface area contributed by atoms with Crippen LogP contribution in [0.3, 0.4) is 0 Å². The van der Waals surface area contributed by atoms with Crippen LogP contribution in [0.4, 0.5) is 11.6 Å². The maximum atomic E-state index is 11.1. The summed E-state index contributed by atoms with van der Waals surface area (Å²) in [6.07, 6.45) is 3.81. The number of pyridine rings is 1. The third-order valence-corrected chi connectivity index (χ3v) is 8.23. The van der Waals surface area contributed by atoms with Gasteiger partial charge in [-0.2, -0.15) is 0 Å². The van der Waals surface area contributed by atoms with E-state index in [1.807, 2.05) is 22.9 Å². The third kappa shape index (κ3) is 3.36. The number of aliphatic hydroxyl groups is 2. The Kier molecular flexibility index (Phi) is 5.03. The molecule has 7 N–H and O–H groups in total. The quantitative estimate of drug-likeness (QED) is 0.274. The van der Waals surface area contributed by atoms with Gasteiger partial charge >= 0.3 is 0 Å². The van der Waals surface area contributed by atoms with Gasteiger partial charge in [0.2, 0.25) is 0 Å². The lowest BCUT2D eigenvalue weighted by molar-refractivity contribution is -0.0217. The highest BCUT2D eigenvalue weighted by atomic mass is 79.9. The highest BCUT2D eigenvalue weighted by Crippen LogP contribution is 2.50. The number of benzene rings is 1. The van der Waals surface area contributed by atoms with E-state index in [0.29, 0.717) is 30.2 Å². The molecule has 3 aromatic heterocycles. The molecule has 176 valence electrons. The lowest BCUT2D eigenvalue weighted by Crippen LogP contribution is -2.38. The van der Waals surface area contributed by atoms with Gasteiger partial charge < -0.3 is 31.6 Å². The van der Waals surface area contributed by atoms with E-state index in [4.69, 9.17) is 11.5 Å². The summed E-state index contributed by atoms with van der Waals surface area (Å²) in [5.74, 6) is 0.884. The molecule has 0 radical (unpaired) electrons. The van der Waals surface area contributed by atoms with Crippen LogP contribution >= 0.6 is 15.9 Å². The number of fused-ring (bicyclic) bond motifs is 2. The number of hydrogen-bond donors (Lipinski definition) is 5. The SMILES string of the molecule is Nc1nc2cc(C[C@@H]3C[C@@]4(CN3)C[C@@H](n3ccc5c(N)ncnc53)[C@H](O)[C@@H]4O)ccc2cc1Br. The van der Waals surface area contributed by atoms with E-state index >= 15 is 0 Å². The van der Waals surface area contributed by atoms with Crippen LogP contribution < -0.4 is 16.8 Å². The summed E-state index contributed by atoms with van der Waals surface area (Å²) >= 11 is 3.43. The number of nitrogen functional groups attached to an aromatic ring is 2. The predicted molar refractivity (Wildman–Crippen MR) is 134 cm³/mol. The van der Waals surface area contributed by atoms with Crippen molar-refractivity contribution in [3.8, 4) is 0 Å². The predicted octanol–water partition coefficient (Wildman–Crippen LogP) is 2.16. The van der Waals surface area contributed by atoms with E-state index in [9.17, 15) is 10.2 Å². The van der Waals surface area contributed by atoms with Crippen LogP contribution in [-0.2, 0) is 6.42 Å². The smallest absolute Gasteiger partial charge is 0.145 e. The zero-order chi connectivity index (χ0) is 23.6. The van der Waals surface area contributed by atoms with E-state index in [1.165, 1.54) is 6.33 Å². The Morgan fingerprint density at radius 1 is 1.12 bits per heavy atom. The van der Waals surface area contributed by atoms with Gasteiger partial charge in [-0.05, 0) is 59.0 Å². The number of nitrogens with one attached hydrogen (secondary N) is 1. The minimum Gasteiger partial charge on any atom is -0.390 e. The van der Waals surface area contributed by atoms with Crippen molar-refractivity contribution in [2.45, 2.75) is 43.6 Å². The summed E-state index contributed by atoms with van der Waals surface area (Å²) in [6, 6.07) is 9.98. The summed E-state index contributed by atoms with van der Waals surface area (Å²) in [5, 5.41) is 27.5. The molecule has 1 saturated carbocycles. The van der Waals surface area contributed by atoms with Gasteiger partial charge in [-0.25, -0.2) is 15.0 Å². The maximum Gasteiger partial charge on any atom is 0.145 e. The minimum atomic E-state index is -0.890. The first-order valence-corrected chi connectivity index (χ1v) is 12.2. The van der Waals surface area contributed by atoms with Crippen LogP contribution in [0.15, 0.2) is 47.3 Å². The zero-order valence-corrected chi connectivity index (χ0v) is 20.0. The van der Waals surface area contributed by atoms with Crippen LogP contribution in [0.2, 0.25) is 0 Å². The number of halogens is 1. The fourth-order valence-electron chi connectivity index (χ4n) is 5.87. The molecule has 1 spiro atoms. The Morgan fingerprint density at radius 3 is 2.82 bits per heavy atom. The van der Waals surface area contributed by atoms with Crippen molar-refractivity contribution in [3.63, 3.8) is 0 Å². The molecular weight excluding hydrogens is 498 g/mol. The fourth-order valence-corrected chi connectivity index (χ4v) is 6.21. The van der Waals surface area contributed by atoms with Gasteiger partial charge in [0.15, 0.2) is 0 Å². The molecule has 10 heteroatoms. The lowest BCUT2D eigenvalue weighted by Gasteiger charge is -2.27. The number of anilines is 2. The van der Waals surface area contributed by atoms with E-state index in [-0.39, 0.29) is 12.1 Å². The maximum absolute atomic E-state index is 11.1. The van der Waals surface area contributed by atoms with Gasteiger partial charge in [0.25, 0.3) is 0 Å². The molecule has 9 nitrogen and oxygen atoms in total. The Hall–Kier alpha value is -2.79. The third-order valence-electron chi connectivity index (χ3n) is 7.60. The lowest BCUT2D eigenvalue weighted by atomic mass is 9.80. The Labute approximate surface area is 204 Å². The highest BCUT2D eigenvalue weighted by molar-refractivity contribution is 9.10. The van der Waals surface area contributed by atoms with Gasteiger partial charge in [0.05, 0.1) is 27.5 Å². The molecule has 1 aliphatic heterocycles. The zero-order valence-electron chi connectivity index (χ0n) is 18.4. The number of rotatable bonds is 3. The molecule has 6 rings (SSSR count). The topological polar surface area (TPSA) is 148 Å².